The van der Waals surface area contributed by atoms with Gasteiger partial charge in [0.1, 0.15) is 5.82 Å². The number of amides is 1. The molecule has 144 valence electrons. The summed E-state index contributed by atoms with van der Waals surface area (Å²) in [6, 6.07) is 13.5. The van der Waals surface area contributed by atoms with Gasteiger partial charge in [-0.15, -0.1) is 0 Å². The first-order chi connectivity index (χ1) is 12.9. The first-order valence-electron chi connectivity index (χ1n) is 8.96. The second-order valence-electron chi connectivity index (χ2n) is 6.68. The number of halogens is 1. The molecular formula is C20H23FN2O3S. The molecule has 0 radical (unpaired) electrons. The van der Waals surface area contributed by atoms with Crippen LogP contribution in [0.1, 0.15) is 17.5 Å². The highest BCUT2D eigenvalue weighted by Crippen LogP contribution is 2.22. The molecule has 1 aliphatic heterocycles. The Morgan fingerprint density at radius 1 is 1.04 bits per heavy atom. The van der Waals surface area contributed by atoms with Crippen LogP contribution in [0.15, 0.2) is 53.4 Å². The predicted octanol–water partition coefficient (Wildman–Crippen LogP) is 2.60. The van der Waals surface area contributed by atoms with Crippen LogP contribution in [0.25, 0.3) is 0 Å². The Hall–Kier alpha value is -2.25. The highest BCUT2D eigenvalue weighted by molar-refractivity contribution is 7.89. The fraction of sp³-hybridized carbons (Fsp3) is 0.350. The first kappa shape index (κ1) is 19.5. The standard InChI is InChI=1S/C20H23FN2O3S/c1-16-15-18(21)8-9-19(16)27(25,26)23-13-11-22(12-14-23)20(24)10-7-17-5-3-2-4-6-17/h2-6,8-9,15H,7,10-14H2,1H3. The number of piperazine rings is 1. The summed E-state index contributed by atoms with van der Waals surface area (Å²) in [6.45, 7) is 2.81. The molecule has 0 aromatic heterocycles. The van der Waals surface area contributed by atoms with E-state index in [0.717, 1.165) is 11.6 Å². The lowest BCUT2D eigenvalue weighted by Crippen LogP contribution is -2.50. The Balaban J connectivity index is 1.58. The quantitative estimate of drug-likeness (QED) is 0.789. The maximum absolute atomic E-state index is 13.3. The lowest BCUT2D eigenvalue weighted by Gasteiger charge is -2.34. The molecule has 1 fully saturated rings. The fourth-order valence-electron chi connectivity index (χ4n) is 3.27. The molecule has 0 bridgehead atoms. The van der Waals surface area contributed by atoms with Crippen molar-refractivity contribution in [2.75, 3.05) is 26.2 Å². The number of sulfonamides is 1. The molecule has 2 aromatic carbocycles. The molecule has 3 rings (SSSR count). The summed E-state index contributed by atoms with van der Waals surface area (Å²) < 4.78 is 40.2. The number of aryl methyl sites for hydroxylation is 2. The average molecular weight is 390 g/mol. The molecular weight excluding hydrogens is 367 g/mol. The van der Waals surface area contributed by atoms with Crippen molar-refractivity contribution in [3.05, 3.63) is 65.5 Å². The van der Waals surface area contributed by atoms with E-state index in [1.54, 1.807) is 11.8 Å². The zero-order valence-corrected chi connectivity index (χ0v) is 16.1. The smallest absolute Gasteiger partial charge is 0.243 e. The van der Waals surface area contributed by atoms with Crippen molar-refractivity contribution in [3.63, 3.8) is 0 Å². The molecule has 7 heteroatoms. The molecule has 1 heterocycles. The van der Waals surface area contributed by atoms with Crippen molar-refractivity contribution in [2.24, 2.45) is 0 Å². The Labute approximate surface area is 159 Å². The topological polar surface area (TPSA) is 57.7 Å². The van der Waals surface area contributed by atoms with Gasteiger partial charge in [0.05, 0.1) is 4.90 Å². The van der Waals surface area contributed by atoms with Gasteiger partial charge in [-0.05, 0) is 42.7 Å². The minimum atomic E-state index is -3.69. The van der Waals surface area contributed by atoms with Crippen LogP contribution >= 0.6 is 0 Å². The number of benzene rings is 2. The van der Waals surface area contributed by atoms with Crippen molar-refractivity contribution in [2.45, 2.75) is 24.7 Å². The van der Waals surface area contributed by atoms with Crippen LogP contribution < -0.4 is 0 Å². The van der Waals surface area contributed by atoms with Gasteiger partial charge < -0.3 is 4.90 Å². The van der Waals surface area contributed by atoms with E-state index in [2.05, 4.69) is 0 Å². The zero-order valence-electron chi connectivity index (χ0n) is 15.3. The average Bonchev–Trinajstić information content (AvgIpc) is 2.66. The Bertz CT molecular complexity index is 908. The van der Waals surface area contributed by atoms with Gasteiger partial charge in [0, 0.05) is 32.6 Å². The fourth-order valence-corrected chi connectivity index (χ4v) is 4.90. The number of nitrogens with zero attached hydrogens (tertiary/aromatic N) is 2. The molecule has 27 heavy (non-hydrogen) atoms. The van der Waals surface area contributed by atoms with Crippen LogP contribution in [0.2, 0.25) is 0 Å². The summed E-state index contributed by atoms with van der Waals surface area (Å²) in [6.07, 6.45) is 1.08. The Morgan fingerprint density at radius 3 is 2.33 bits per heavy atom. The van der Waals surface area contributed by atoms with Gasteiger partial charge in [-0.2, -0.15) is 4.31 Å². The maximum atomic E-state index is 13.3. The van der Waals surface area contributed by atoms with Gasteiger partial charge in [0.15, 0.2) is 0 Å². The lowest BCUT2D eigenvalue weighted by molar-refractivity contribution is -0.132. The van der Waals surface area contributed by atoms with E-state index in [4.69, 9.17) is 0 Å². The molecule has 5 nitrogen and oxygen atoms in total. The van der Waals surface area contributed by atoms with Crippen LogP contribution in [0.5, 0.6) is 0 Å². The third-order valence-corrected chi connectivity index (χ3v) is 6.88. The molecule has 0 saturated carbocycles. The van der Waals surface area contributed by atoms with E-state index < -0.39 is 15.8 Å². The third kappa shape index (κ3) is 4.54. The molecule has 0 atom stereocenters. The minimum absolute atomic E-state index is 0.0360. The van der Waals surface area contributed by atoms with Gasteiger partial charge in [-0.3, -0.25) is 4.79 Å². The van der Waals surface area contributed by atoms with Crippen LogP contribution in [0.3, 0.4) is 0 Å². The van der Waals surface area contributed by atoms with Crippen LogP contribution in [-0.2, 0) is 21.2 Å². The maximum Gasteiger partial charge on any atom is 0.243 e. The van der Waals surface area contributed by atoms with Crippen LogP contribution in [-0.4, -0.2) is 49.7 Å². The van der Waals surface area contributed by atoms with Crippen LogP contribution in [0.4, 0.5) is 4.39 Å². The summed E-state index contributed by atoms with van der Waals surface area (Å²) in [5.74, 6) is -0.422. The van der Waals surface area contributed by atoms with E-state index in [1.807, 2.05) is 30.3 Å². The van der Waals surface area contributed by atoms with E-state index in [-0.39, 0.29) is 23.9 Å². The van der Waals surface area contributed by atoms with Crippen molar-refractivity contribution in [1.29, 1.82) is 0 Å². The third-order valence-electron chi connectivity index (χ3n) is 4.82. The largest absolute Gasteiger partial charge is 0.340 e. The summed E-state index contributed by atoms with van der Waals surface area (Å²) in [7, 11) is -3.69. The Kier molecular flexibility index (Phi) is 5.92. The second kappa shape index (κ2) is 8.19. The van der Waals surface area contributed by atoms with Crippen molar-refractivity contribution in [1.82, 2.24) is 9.21 Å². The molecule has 1 saturated heterocycles. The molecule has 2 aromatic rings. The number of carbonyl (C=O) groups is 1. The summed E-state index contributed by atoms with van der Waals surface area (Å²) in [4.78, 5) is 14.2. The molecule has 0 N–H and O–H groups in total. The van der Waals surface area contributed by atoms with Gasteiger partial charge in [0.25, 0.3) is 0 Å². The van der Waals surface area contributed by atoms with E-state index in [9.17, 15) is 17.6 Å². The molecule has 0 aliphatic carbocycles. The van der Waals surface area contributed by atoms with E-state index >= 15 is 0 Å². The Morgan fingerprint density at radius 2 is 1.70 bits per heavy atom. The number of rotatable bonds is 5. The highest BCUT2D eigenvalue weighted by Gasteiger charge is 2.30. The van der Waals surface area contributed by atoms with Gasteiger partial charge in [-0.1, -0.05) is 30.3 Å². The monoisotopic (exact) mass is 390 g/mol. The summed E-state index contributed by atoms with van der Waals surface area (Å²) in [5.41, 5.74) is 1.50. The van der Waals surface area contributed by atoms with Crippen LogP contribution in [0, 0.1) is 12.7 Å². The SMILES string of the molecule is Cc1cc(F)ccc1S(=O)(=O)N1CCN(C(=O)CCc2ccccc2)CC1. The summed E-state index contributed by atoms with van der Waals surface area (Å²) in [5, 5.41) is 0. The zero-order chi connectivity index (χ0) is 19.4. The predicted molar refractivity (Wildman–Crippen MR) is 101 cm³/mol. The first-order valence-corrected chi connectivity index (χ1v) is 10.4. The highest BCUT2D eigenvalue weighted by atomic mass is 32.2. The van der Waals surface area contributed by atoms with Crippen molar-refractivity contribution >= 4 is 15.9 Å². The van der Waals surface area contributed by atoms with Gasteiger partial charge in [0.2, 0.25) is 15.9 Å². The minimum Gasteiger partial charge on any atom is -0.340 e. The number of hydrogen-bond acceptors (Lipinski definition) is 3. The summed E-state index contributed by atoms with van der Waals surface area (Å²) >= 11 is 0. The lowest BCUT2D eigenvalue weighted by atomic mass is 10.1. The number of hydrogen-bond donors (Lipinski definition) is 0. The van der Waals surface area contributed by atoms with Gasteiger partial charge in [-0.25, -0.2) is 12.8 Å². The van der Waals surface area contributed by atoms with Crippen molar-refractivity contribution < 1.29 is 17.6 Å². The van der Waals surface area contributed by atoms with Gasteiger partial charge >= 0.3 is 0 Å². The normalized spacial score (nSPS) is 15.7. The number of carbonyl (C=O) groups excluding carboxylic acids is 1. The molecule has 1 aliphatic rings. The van der Waals surface area contributed by atoms with Crippen molar-refractivity contribution in [3.8, 4) is 0 Å². The molecule has 0 spiro atoms. The second-order valence-corrected chi connectivity index (χ2v) is 8.59. The van der Waals surface area contributed by atoms with E-state index in [1.165, 1.54) is 16.4 Å². The molecule has 0 unspecified atom stereocenters. The van der Waals surface area contributed by atoms with E-state index in [0.29, 0.717) is 31.5 Å². The molecule has 1 amide bonds.